The molecule has 0 aromatic heterocycles. The number of sulfonamides is 1. The smallest absolute Gasteiger partial charge is 0.264 e. The summed E-state index contributed by atoms with van der Waals surface area (Å²) in [5.41, 5.74) is -1.14. The number of carbonyl (C=O) groups excluding carboxylic acids is 2. The van der Waals surface area contributed by atoms with Crippen LogP contribution in [0.5, 0.6) is 11.5 Å². The highest BCUT2D eigenvalue weighted by molar-refractivity contribution is 7.90. The summed E-state index contributed by atoms with van der Waals surface area (Å²) in [7, 11) is -1.27. The molecular weight excluding hydrogens is 372 g/mol. The lowest BCUT2D eigenvalue weighted by atomic mass is 9.85. The minimum Gasteiger partial charge on any atom is -0.493 e. The molecule has 0 spiro atoms. The van der Waals surface area contributed by atoms with Crippen molar-refractivity contribution >= 4 is 21.8 Å². The Morgan fingerprint density at radius 3 is 2.41 bits per heavy atom. The molecule has 1 aliphatic carbocycles. The first-order chi connectivity index (χ1) is 12.7. The Labute approximate surface area is 158 Å². The predicted octanol–water partition coefficient (Wildman–Crippen LogP) is 1.30. The zero-order chi connectivity index (χ0) is 19.8. The molecule has 2 fully saturated rings. The summed E-state index contributed by atoms with van der Waals surface area (Å²) < 4.78 is 37.6. The van der Waals surface area contributed by atoms with Crippen molar-refractivity contribution in [3.8, 4) is 11.5 Å². The molecule has 148 valence electrons. The summed E-state index contributed by atoms with van der Waals surface area (Å²) in [5.74, 6) is 0.230. The average molecular weight is 396 g/mol. The number of carbonyl (C=O) groups is 2. The van der Waals surface area contributed by atoms with Crippen LogP contribution in [0.4, 0.5) is 0 Å². The SMILES string of the molecule is COc1ccc(S(=O)(=O)NC(=O)C2(C)CCN2C(=O)CC2CC2)cc1OC. The van der Waals surface area contributed by atoms with Crippen LogP contribution in [0, 0.1) is 5.92 Å². The number of nitrogens with zero attached hydrogens (tertiary/aromatic N) is 1. The molecule has 1 unspecified atom stereocenters. The maximum Gasteiger partial charge on any atom is 0.264 e. The Hall–Kier alpha value is -2.29. The highest BCUT2D eigenvalue weighted by atomic mass is 32.2. The third kappa shape index (κ3) is 3.73. The standard InChI is InChI=1S/C18H24N2O6S/c1-18(8-9-20(18)16(21)10-12-4-5-12)17(22)19-27(23,24)13-6-7-14(25-2)15(11-13)26-3/h6-7,11-12H,4-5,8-10H2,1-3H3,(H,19,22). The lowest BCUT2D eigenvalue weighted by Gasteiger charge is -2.49. The quantitative estimate of drug-likeness (QED) is 0.745. The predicted molar refractivity (Wildman–Crippen MR) is 97.0 cm³/mol. The first-order valence-electron chi connectivity index (χ1n) is 8.81. The molecule has 0 radical (unpaired) electrons. The monoisotopic (exact) mass is 396 g/mol. The van der Waals surface area contributed by atoms with Crippen molar-refractivity contribution in [3.63, 3.8) is 0 Å². The van der Waals surface area contributed by atoms with E-state index in [1.165, 1.54) is 37.3 Å². The van der Waals surface area contributed by atoms with E-state index in [1.807, 2.05) is 0 Å². The van der Waals surface area contributed by atoms with Crippen LogP contribution >= 0.6 is 0 Å². The molecule has 9 heteroatoms. The lowest BCUT2D eigenvalue weighted by Crippen LogP contribution is -2.67. The molecule has 0 bridgehead atoms. The summed E-state index contributed by atoms with van der Waals surface area (Å²) >= 11 is 0. The van der Waals surface area contributed by atoms with E-state index in [4.69, 9.17) is 9.47 Å². The zero-order valence-electron chi connectivity index (χ0n) is 15.6. The number of hydrogen-bond donors (Lipinski definition) is 1. The summed E-state index contributed by atoms with van der Waals surface area (Å²) in [4.78, 5) is 26.4. The normalized spacial score (nSPS) is 22.0. The van der Waals surface area contributed by atoms with E-state index < -0.39 is 21.5 Å². The highest BCUT2D eigenvalue weighted by Gasteiger charge is 2.50. The van der Waals surface area contributed by atoms with Crippen molar-refractivity contribution in [1.29, 1.82) is 0 Å². The van der Waals surface area contributed by atoms with Crippen LogP contribution in [0.25, 0.3) is 0 Å². The highest BCUT2D eigenvalue weighted by Crippen LogP contribution is 2.37. The van der Waals surface area contributed by atoms with Gasteiger partial charge in [0.2, 0.25) is 5.91 Å². The Balaban J connectivity index is 1.75. The molecule has 1 N–H and O–H groups in total. The van der Waals surface area contributed by atoms with E-state index in [1.54, 1.807) is 6.92 Å². The van der Waals surface area contributed by atoms with Crippen LogP contribution in [-0.4, -0.2) is 51.4 Å². The van der Waals surface area contributed by atoms with Crippen LogP contribution in [-0.2, 0) is 19.6 Å². The summed E-state index contributed by atoms with van der Waals surface area (Å²) in [6.07, 6.45) is 2.92. The van der Waals surface area contributed by atoms with Gasteiger partial charge in [-0.05, 0) is 44.2 Å². The van der Waals surface area contributed by atoms with E-state index in [0.717, 1.165) is 12.8 Å². The largest absolute Gasteiger partial charge is 0.493 e. The number of amides is 2. The Morgan fingerprint density at radius 2 is 1.89 bits per heavy atom. The van der Waals surface area contributed by atoms with Gasteiger partial charge in [-0.2, -0.15) is 0 Å². The molecule has 8 nitrogen and oxygen atoms in total. The third-order valence-electron chi connectivity index (χ3n) is 5.26. The van der Waals surface area contributed by atoms with Crippen LogP contribution in [0.1, 0.15) is 32.6 Å². The molecule has 2 aliphatic rings. The van der Waals surface area contributed by atoms with Gasteiger partial charge in [0.1, 0.15) is 5.54 Å². The fourth-order valence-electron chi connectivity index (χ4n) is 3.15. The maximum absolute atomic E-state index is 12.7. The molecule has 2 amide bonds. The van der Waals surface area contributed by atoms with Gasteiger partial charge < -0.3 is 14.4 Å². The minimum absolute atomic E-state index is 0.0927. The van der Waals surface area contributed by atoms with Gasteiger partial charge >= 0.3 is 0 Å². The topological polar surface area (TPSA) is 102 Å². The van der Waals surface area contributed by atoms with Crippen molar-refractivity contribution in [2.75, 3.05) is 20.8 Å². The first-order valence-corrected chi connectivity index (χ1v) is 10.3. The molecule has 1 atom stereocenters. The van der Waals surface area contributed by atoms with Crippen LogP contribution in [0.2, 0.25) is 0 Å². The van der Waals surface area contributed by atoms with Gasteiger partial charge in [0.05, 0.1) is 19.1 Å². The number of benzene rings is 1. The van der Waals surface area contributed by atoms with Crippen molar-refractivity contribution in [2.45, 2.75) is 43.0 Å². The molecule has 1 aromatic carbocycles. The van der Waals surface area contributed by atoms with Gasteiger partial charge in [-0.3, -0.25) is 9.59 Å². The number of rotatable bonds is 7. The maximum atomic E-state index is 12.7. The number of nitrogens with one attached hydrogen (secondary N) is 1. The molecule has 1 heterocycles. The summed E-state index contributed by atoms with van der Waals surface area (Å²) in [6, 6.07) is 4.07. The minimum atomic E-state index is -4.11. The fourth-order valence-corrected chi connectivity index (χ4v) is 4.24. The van der Waals surface area contributed by atoms with Crippen molar-refractivity contribution in [2.24, 2.45) is 5.92 Å². The fraction of sp³-hybridized carbons (Fsp3) is 0.556. The Kier molecular flexibility index (Phi) is 5.07. The number of hydrogen-bond acceptors (Lipinski definition) is 6. The van der Waals surface area contributed by atoms with Gasteiger partial charge in [0.15, 0.2) is 11.5 Å². The van der Waals surface area contributed by atoms with Gasteiger partial charge in [-0.15, -0.1) is 0 Å². The van der Waals surface area contributed by atoms with Gasteiger partial charge in [-0.1, -0.05) is 0 Å². The molecule has 1 aromatic rings. The van der Waals surface area contributed by atoms with Crippen molar-refractivity contribution < 1.29 is 27.5 Å². The van der Waals surface area contributed by atoms with E-state index in [2.05, 4.69) is 4.72 Å². The Morgan fingerprint density at radius 1 is 1.22 bits per heavy atom. The van der Waals surface area contributed by atoms with E-state index in [9.17, 15) is 18.0 Å². The van der Waals surface area contributed by atoms with Gasteiger partial charge in [-0.25, -0.2) is 13.1 Å². The molecule has 1 aliphatic heterocycles. The second-order valence-electron chi connectivity index (χ2n) is 7.17. The summed E-state index contributed by atoms with van der Waals surface area (Å²) in [5, 5.41) is 0. The van der Waals surface area contributed by atoms with E-state index in [0.29, 0.717) is 31.1 Å². The molecule has 27 heavy (non-hydrogen) atoms. The average Bonchev–Trinajstić information content (AvgIpc) is 3.42. The molecule has 3 rings (SSSR count). The number of likely N-dealkylation sites (tertiary alicyclic amines) is 1. The Bertz CT molecular complexity index is 865. The van der Waals surface area contributed by atoms with Gasteiger partial charge in [0, 0.05) is 19.0 Å². The number of methoxy groups -OCH3 is 2. The van der Waals surface area contributed by atoms with Crippen molar-refractivity contribution in [1.82, 2.24) is 9.62 Å². The van der Waals surface area contributed by atoms with Gasteiger partial charge in [0.25, 0.3) is 15.9 Å². The van der Waals surface area contributed by atoms with E-state index in [-0.39, 0.29) is 16.6 Å². The van der Waals surface area contributed by atoms with Crippen molar-refractivity contribution in [3.05, 3.63) is 18.2 Å². The molecule has 1 saturated heterocycles. The van der Waals surface area contributed by atoms with Crippen LogP contribution in [0.15, 0.2) is 23.1 Å². The second-order valence-corrected chi connectivity index (χ2v) is 8.85. The van der Waals surface area contributed by atoms with Crippen LogP contribution in [0.3, 0.4) is 0 Å². The molecule has 1 saturated carbocycles. The second kappa shape index (κ2) is 7.03. The van der Waals surface area contributed by atoms with Crippen LogP contribution < -0.4 is 14.2 Å². The molecular formula is C18H24N2O6S. The number of ether oxygens (including phenoxy) is 2. The lowest BCUT2D eigenvalue weighted by molar-refractivity contribution is -0.156. The first kappa shape index (κ1) is 19.5. The third-order valence-corrected chi connectivity index (χ3v) is 6.59. The van der Waals surface area contributed by atoms with E-state index >= 15 is 0 Å². The zero-order valence-corrected chi connectivity index (χ0v) is 16.5. The summed E-state index contributed by atoms with van der Waals surface area (Å²) in [6.45, 7) is 2.06.